The van der Waals surface area contributed by atoms with Crippen LogP contribution in [0.4, 0.5) is 0 Å². The molecule has 0 spiro atoms. The number of nitrogens with zero attached hydrogens (tertiary/aromatic N) is 4. The molecule has 0 N–H and O–H groups in total. The van der Waals surface area contributed by atoms with E-state index in [0.717, 1.165) is 22.4 Å². The summed E-state index contributed by atoms with van der Waals surface area (Å²) in [6.45, 7) is 3.76. The number of halogens is 1. The molecule has 9 heteroatoms. The van der Waals surface area contributed by atoms with E-state index in [2.05, 4.69) is 4.99 Å². The fourth-order valence-corrected chi connectivity index (χ4v) is 6.08. The lowest BCUT2D eigenvalue weighted by Gasteiger charge is -2.24. The number of carbonyl (C=O) groups is 1. The zero-order valence-corrected chi connectivity index (χ0v) is 23.9. The number of ether oxygens (including phenoxy) is 1. The SMILES string of the molecule is CCOC(=O)C1=C(C)N=c2sc(=Cc3cn(-c4ccccc4)nc3-c3ccc(Cl)cc3)c(=O)n2C1c1ccccc1. The molecule has 204 valence electrons. The first-order chi connectivity index (χ1) is 19.9. The zero-order chi connectivity index (χ0) is 28.5. The molecule has 41 heavy (non-hydrogen) atoms. The Morgan fingerprint density at radius 3 is 2.39 bits per heavy atom. The smallest absolute Gasteiger partial charge is 0.338 e. The third kappa shape index (κ3) is 5.08. The van der Waals surface area contributed by atoms with Gasteiger partial charge in [0.25, 0.3) is 5.56 Å². The summed E-state index contributed by atoms with van der Waals surface area (Å²) in [5.41, 5.74) is 4.67. The van der Waals surface area contributed by atoms with Crippen molar-refractivity contribution in [2.75, 3.05) is 6.61 Å². The molecule has 2 aromatic heterocycles. The summed E-state index contributed by atoms with van der Waals surface area (Å²) in [6.07, 6.45) is 3.74. The highest BCUT2D eigenvalue weighted by atomic mass is 35.5. The maximum Gasteiger partial charge on any atom is 0.338 e. The lowest BCUT2D eigenvalue weighted by Crippen LogP contribution is -2.39. The zero-order valence-electron chi connectivity index (χ0n) is 22.3. The van der Waals surface area contributed by atoms with E-state index in [9.17, 15) is 9.59 Å². The third-order valence-electron chi connectivity index (χ3n) is 6.80. The van der Waals surface area contributed by atoms with Crippen LogP contribution in [0, 0.1) is 0 Å². The molecule has 5 aromatic rings. The number of esters is 1. The van der Waals surface area contributed by atoms with Gasteiger partial charge in [0, 0.05) is 22.3 Å². The number of thiazole rings is 1. The van der Waals surface area contributed by atoms with Gasteiger partial charge in [0.15, 0.2) is 4.80 Å². The molecule has 0 saturated heterocycles. The molecule has 0 amide bonds. The van der Waals surface area contributed by atoms with Crippen molar-refractivity contribution >= 4 is 35.0 Å². The molecule has 7 nitrogen and oxygen atoms in total. The third-order valence-corrected chi connectivity index (χ3v) is 8.03. The van der Waals surface area contributed by atoms with Crippen molar-refractivity contribution in [1.29, 1.82) is 0 Å². The highest BCUT2D eigenvalue weighted by Crippen LogP contribution is 2.31. The lowest BCUT2D eigenvalue weighted by atomic mass is 9.96. The Morgan fingerprint density at radius 1 is 1.02 bits per heavy atom. The molecule has 0 radical (unpaired) electrons. The van der Waals surface area contributed by atoms with Crippen LogP contribution in [0.2, 0.25) is 5.02 Å². The second kappa shape index (κ2) is 11.2. The van der Waals surface area contributed by atoms with Crippen LogP contribution >= 0.6 is 22.9 Å². The van der Waals surface area contributed by atoms with Crippen LogP contribution < -0.4 is 14.9 Å². The minimum absolute atomic E-state index is 0.223. The standard InChI is InChI=1S/C32H25ClN4O3S/c1-3-40-31(39)27-20(2)34-32-37(29(27)22-10-6-4-7-11-22)30(38)26(41-32)18-23-19-36(25-12-8-5-9-13-25)35-28(23)21-14-16-24(33)17-15-21/h4-19,29H,3H2,1-2H3. The van der Waals surface area contributed by atoms with E-state index in [1.165, 1.54) is 11.3 Å². The number of fused-ring (bicyclic) bond motifs is 1. The number of rotatable bonds is 6. The lowest BCUT2D eigenvalue weighted by molar-refractivity contribution is -0.139. The molecular formula is C32H25ClN4O3S. The Bertz CT molecular complexity index is 1960. The van der Waals surface area contributed by atoms with Gasteiger partial charge in [-0.1, -0.05) is 83.6 Å². The number of allylic oxidation sites excluding steroid dienone is 1. The van der Waals surface area contributed by atoms with Crippen LogP contribution in [0.15, 0.2) is 112 Å². The highest BCUT2D eigenvalue weighted by Gasteiger charge is 2.33. The molecule has 1 atom stereocenters. The van der Waals surface area contributed by atoms with Crippen molar-refractivity contribution in [3.8, 4) is 16.9 Å². The number of hydrogen-bond donors (Lipinski definition) is 0. The van der Waals surface area contributed by atoms with Gasteiger partial charge in [0.1, 0.15) is 5.69 Å². The van der Waals surface area contributed by atoms with Crippen LogP contribution in [0.5, 0.6) is 0 Å². The molecule has 0 bridgehead atoms. The molecule has 3 aromatic carbocycles. The van der Waals surface area contributed by atoms with Crippen LogP contribution in [-0.4, -0.2) is 26.9 Å². The minimum Gasteiger partial charge on any atom is -0.463 e. The van der Waals surface area contributed by atoms with Crippen molar-refractivity contribution in [1.82, 2.24) is 14.3 Å². The fourth-order valence-electron chi connectivity index (χ4n) is 4.92. The van der Waals surface area contributed by atoms with Gasteiger partial charge in [-0.05, 0) is 49.8 Å². The Kier molecular flexibility index (Phi) is 7.26. The van der Waals surface area contributed by atoms with Gasteiger partial charge in [-0.15, -0.1) is 0 Å². The molecule has 1 unspecified atom stereocenters. The van der Waals surface area contributed by atoms with Gasteiger partial charge in [0.05, 0.1) is 34.1 Å². The van der Waals surface area contributed by atoms with Crippen LogP contribution in [0.3, 0.4) is 0 Å². The number of aromatic nitrogens is 3. The first kappa shape index (κ1) is 26.7. The van der Waals surface area contributed by atoms with E-state index >= 15 is 0 Å². The summed E-state index contributed by atoms with van der Waals surface area (Å²) in [7, 11) is 0. The number of hydrogen-bond acceptors (Lipinski definition) is 6. The van der Waals surface area contributed by atoms with E-state index in [-0.39, 0.29) is 12.2 Å². The molecule has 1 aliphatic heterocycles. The molecule has 0 fully saturated rings. The van der Waals surface area contributed by atoms with Crippen LogP contribution in [0.25, 0.3) is 23.0 Å². The van der Waals surface area contributed by atoms with E-state index < -0.39 is 12.0 Å². The van der Waals surface area contributed by atoms with Gasteiger partial charge in [-0.2, -0.15) is 5.10 Å². The van der Waals surface area contributed by atoms with Crippen molar-refractivity contribution in [2.45, 2.75) is 19.9 Å². The topological polar surface area (TPSA) is 78.5 Å². The normalized spacial score (nSPS) is 15.0. The monoisotopic (exact) mass is 580 g/mol. The van der Waals surface area contributed by atoms with Gasteiger partial charge < -0.3 is 4.74 Å². The molecule has 3 heterocycles. The van der Waals surface area contributed by atoms with E-state index in [1.807, 2.05) is 97.2 Å². The second-order valence-electron chi connectivity index (χ2n) is 9.43. The maximum absolute atomic E-state index is 14.1. The number of carbonyl (C=O) groups excluding carboxylic acids is 1. The summed E-state index contributed by atoms with van der Waals surface area (Å²) in [5.74, 6) is -0.481. The van der Waals surface area contributed by atoms with E-state index in [4.69, 9.17) is 21.4 Å². The Labute approximate surface area is 245 Å². The predicted octanol–water partition coefficient (Wildman–Crippen LogP) is 5.30. The largest absolute Gasteiger partial charge is 0.463 e. The van der Waals surface area contributed by atoms with Gasteiger partial charge >= 0.3 is 5.97 Å². The van der Waals surface area contributed by atoms with Gasteiger partial charge in [-0.25, -0.2) is 14.5 Å². The Hall–Kier alpha value is -4.53. The second-order valence-corrected chi connectivity index (χ2v) is 10.9. The fraction of sp³-hybridized carbons (Fsp3) is 0.125. The van der Waals surface area contributed by atoms with Gasteiger partial charge in [-0.3, -0.25) is 9.36 Å². The molecular weight excluding hydrogens is 556 g/mol. The molecule has 0 aliphatic carbocycles. The number of para-hydroxylation sites is 1. The van der Waals surface area contributed by atoms with Crippen molar-refractivity contribution < 1.29 is 9.53 Å². The first-order valence-corrected chi connectivity index (χ1v) is 14.3. The minimum atomic E-state index is -0.656. The molecule has 1 aliphatic rings. The summed E-state index contributed by atoms with van der Waals surface area (Å²) >= 11 is 7.44. The van der Waals surface area contributed by atoms with Crippen LogP contribution in [0.1, 0.15) is 31.0 Å². The van der Waals surface area contributed by atoms with Crippen molar-refractivity contribution in [3.05, 3.63) is 138 Å². The predicted molar refractivity (Wildman–Crippen MR) is 161 cm³/mol. The molecule has 0 saturated carbocycles. The summed E-state index contributed by atoms with van der Waals surface area (Å²) in [6, 6.07) is 26.1. The van der Waals surface area contributed by atoms with Gasteiger partial charge in [0.2, 0.25) is 0 Å². The van der Waals surface area contributed by atoms with E-state index in [0.29, 0.717) is 31.3 Å². The summed E-state index contributed by atoms with van der Waals surface area (Å²) in [5, 5.41) is 5.49. The van der Waals surface area contributed by atoms with Crippen LogP contribution in [-0.2, 0) is 9.53 Å². The maximum atomic E-state index is 14.1. The quantitative estimate of drug-likeness (QED) is 0.255. The Morgan fingerprint density at radius 2 is 1.71 bits per heavy atom. The number of benzene rings is 3. The highest BCUT2D eigenvalue weighted by molar-refractivity contribution is 7.07. The van der Waals surface area contributed by atoms with E-state index in [1.54, 1.807) is 23.1 Å². The summed E-state index contributed by atoms with van der Waals surface area (Å²) < 4.78 is 9.25. The summed E-state index contributed by atoms with van der Waals surface area (Å²) in [4.78, 5) is 32.4. The molecule has 6 rings (SSSR count). The first-order valence-electron chi connectivity index (χ1n) is 13.1. The average molecular weight is 581 g/mol. The average Bonchev–Trinajstić information content (AvgIpc) is 3.54. The Balaban J connectivity index is 1.56. The van der Waals surface area contributed by atoms with Crippen molar-refractivity contribution in [2.24, 2.45) is 4.99 Å². The van der Waals surface area contributed by atoms with Crippen molar-refractivity contribution in [3.63, 3.8) is 0 Å².